The first kappa shape index (κ1) is 25.7. The number of nitrogens with one attached hydrogen (secondary N) is 2. The van der Waals surface area contributed by atoms with Crippen LogP contribution in [0.3, 0.4) is 0 Å². The zero-order valence-corrected chi connectivity index (χ0v) is 19.8. The Labute approximate surface area is 196 Å². The first-order chi connectivity index (χ1) is 14.4. The van der Waals surface area contributed by atoms with E-state index in [9.17, 15) is 17.6 Å². The molecular weight excluding hydrogens is 480 g/mol. The first-order valence-electron chi connectivity index (χ1n) is 9.16. The Morgan fingerprint density at radius 1 is 1.12 bits per heavy atom. The zero-order chi connectivity index (χ0) is 23.0. The van der Waals surface area contributed by atoms with Gasteiger partial charge >= 0.3 is 0 Å². The standard InChI is InChI=1S/C21H21ClFN3O4S.ClH/c1-12-4-9-19(30-12)15-7-6-14(11-17(15)23)31(28,29)26-18-10-13(5-8-16(18)22)25-20(27)21(2,3)24;/h4-11,26H,24H2,1-3H3,(H,25,27);1H. The number of rotatable bonds is 6. The summed E-state index contributed by atoms with van der Waals surface area (Å²) in [6.45, 7) is 4.78. The molecule has 0 saturated heterocycles. The summed E-state index contributed by atoms with van der Waals surface area (Å²) < 4.78 is 47.8. The van der Waals surface area contributed by atoms with Crippen molar-refractivity contribution in [3.63, 3.8) is 0 Å². The van der Waals surface area contributed by atoms with Crippen LogP contribution >= 0.6 is 24.0 Å². The van der Waals surface area contributed by atoms with E-state index in [0.29, 0.717) is 17.2 Å². The summed E-state index contributed by atoms with van der Waals surface area (Å²) in [5.41, 5.74) is 5.06. The Balaban J connectivity index is 0.00000363. The van der Waals surface area contributed by atoms with Crippen LogP contribution in [0.1, 0.15) is 19.6 Å². The molecule has 0 aliphatic rings. The van der Waals surface area contributed by atoms with Gasteiger partial charge in [0.15, 0.2) is 0 Å². The summed E-state index contributed by atoms with van der Waals surface area (Å²) in [4.78, 5) is 11.8. The summed E-state index contributed by atoms with van der Waals surface area (Å²) in [5, 5.41) is 2.68. The van der Waals surface area contributed by atoms with E-state index in [4.69, 9.17) is 21.8 Å². The minimum atomic E-state index is -4.17. The quantitative estimate of drug-likeness (QED) is 0.442. The third-order valence-corrected chi connectivity index (χ3v) is 6.00. The maximum Gasteiger partial charge on any atom is 0.262 e. The van der Waals surface area contributed by atoms with E-state index in [0.717, 1.165) is 6.07 Å². The molecule has 32 heavy (non-hydrogen) atoms. The van der Waals surface area contributed by atoms with Crippen molar-refractivity contribution in [1.82, 2.24) is 0 Å². The highest BCUT2D eigenvalue weighted by Gasteiger charge is 2.23. The van der Waals surface area contributed by atoms with Crippen LogP contribution in [-0.2, 0) is 14.8 Å². The van der Waals surface area contributed by atoms with Crippen molar-refractivity contribution in [2.45, 2.75) is 31.2 Å². The van der Waals surface area contributed by atoms with Gasteiger partial charge < -0.3 is 15.5 Å². The van der Waals surface area contributed by atoms with Gasteiger partial charge in [0.2, 0.25) is 5.91 Å². The van der Waals surface area contributed by atoms with Gasteiger partial charge in [-0.3, -0.25) is 9.52 Å². The number of anilines is 2. The molecule has 7 nitrogen and oxygen atoms in total. The number of carbonyl (C=O) groups excluding carboxylic acids is 1. The molecule has 0 aliphatic carbocycles. The molecule has 172 valence electrons. The molecule has 1 aromatic heterocycles. The Hall–Kier alpha value is -2.59. The topological polar surface area (TPSA) is 114 Å². The van der Waals surface area contributed by atoms with Gasteiger partial charge in [0, 0.05) is 5.69 Å². The Kier molecular flexibility index (Phi) is 7.62. The fourth-order valence-electron chi connectivity index (χ4n) is 2.62. The number of aryl methyl sites for hydroxylation is 1. The average molecular weight is 502 g/mol. The van der Waals surface area contributed by atoms with Crippen LogP contribution in [0.5, 0.6) is 0 Å². The number of furan rings is 1. The van der Waals surface area contributed by atoms with Gasteiger partial charge in [0.25, 0.3) is 10.0 Å². The van der Waals surface area contributed by atoms with E-state index >= 15 is 0 Å². The van der Waals surface area contributed by atoms with E-state index in [1.807, 2.05) is 0 Å². The van der Waals surface area contributed by atoms with Crippen LogP contribution in [0.2, 0.25) is 5.02 Å². The van der Waals surface area contributed by atoms with Crippen LogP contribution in [-0.4, -0.2) is 19.9 Å². The predicted octanol–water partition coefficient (Wildman–Crippen LogP) is 4.95. The van der Waals surface area contributed by atoms with Crippen molar-refractivity contribution in [3.05, 3.63) is 65.1 Å². The van der Waals surface area contributed by atoms with E-state index < -0.39 is 27.3 Å². The lowest BCUT2D eigenvalue weighted by Crippen LogP contribution is -2.45. The van der Waals surface area contributed by atoms with Crippen molar-refractivity contribution in [3.8, 4) is 11.3 Å². The normalized spacial score (nSPS) is 11.6. The van der Waals surface area contributed by atoms with E-state index in [1.165, 1.54) is 44.2 Å². The predicted molar refractivity (Wildman–Crippen MR) is 125 cm³/mol. The van der Waals surface area contributed by atoms with Crippen LogP contribution in [0, 0.1) is 12.7 Å². The highest BCUT2D eigenvalue weighted by Crippen LogP contribution is 2.30. The molecule has 0 bridgehead atoms. The third kappa shape index (κ3) is 5.80. The van der Waals surface area contributed by atoms with Gasteiger partial charge in [-0.2, -0.15) is 0 Å². The first-order valence-corrected chi connectivity index (χ1v) is 11.0. The lowest BCUT2D eigenvalue weighted by molar-refractivity contribution is -0.120. The third-order valence-electron chi connectivity index (χ3n) is 4.31. The smallest absolute Gasteiger partial charge is 0.262 e. The molecule has 0 atom stereocenters. The Morgan fingerprint density at radius 2 is 1.81 bits per heavy atom. The van der Waals surface area contributed by atoms with Crippen molar-refractivity contribution in [2.75, 3.05) is 10.0 Å². The summed E-state index contributed by atoms with van der Waals surface area (Å²) >= 11 is 6.10. The second-order valence-corrected chi connectivity index (χ2v) is 9.62. The lowest BCUT2D eigenvalue weighted by atomic mass is 10.1. The highest BCUT2D eigenvalue weighted by molar-refractivity contribution is 7.92. The summed E-state index contributed by atoms with van der Waals surface area (Å²) in [5.74, 6) is -0.322. The number of sulfonamides is 1. The summed E-state index contributed by atoms with van der Waals surface area (Å²) in [6.07, 6.45) is 0. The van der Waals surface area contributed by atoms with E-state index in [1.54, 1.807) is 19.1 Å². The molecule has 3 aromatic rings. The fraction of sp³-hybridized carbons (Fsp3) is 0.190. The molecule has 0 fully saturated rings. The fourth-order valence-corrected chi connectivity index (χ4v) is 3.92. The van der Waals surface area contributed by atoms with Gasteiger partial charge in [0.05, 0.1) is 26.7 Å². The minimum absolute atomic E-state index is 0. The average Bonchev–Trinajstić information content (AvgIpc) is 3.09. The molecule has 4 N–H and O–H groups in total. The number of nitrogens with two attached hydrogens (primary N) is 1. The van der Waals surface area contributed by atoms with E-state index in [2.05, 4.69) is 10.0 Å². The molecule has 2 aromatic carbocycles. The van der Waals surface area contributed by atoms with Gasteiger partial charge in [-0.25, -0.2) is 12.8 Å². The summed E-state index contributed by atoms with van der Waals surface area (Å²) in [7, 11) is -4.17. The minimum Gasteiger partial charge on any atom is -0.461 e. The number of benzene rings is 2. The second kappa shape index (κ2) is 9.50. The van der Waals surface area contributed by atoms with Gasteiger partial charge in [-0.15, -0.1) is 12.4 Å². The van der Waals surface area contributed by atoms with Crippen LogP contribution < -0.4 is 15.8 Å². The number of amides is 1. The lowest BCUT2D eigenvalue weighted by Gasteiger charge is -2.18. The molecule has 1 amide bonds. The number of carbonyl (C=O) groups is 1. The second-order valence-electron chi connectivity index (χ2n) is 7.53. The van der Waals surface area contributed by atoms with E-state index in [-0.39, 0.29) is 33.6 Å². The largest absolute Gasteiger partial charge is 0.461 e. The van der Waals surface area contributed by atoms with Crippen LogP contribution in [0.4, 0.5) is 15.8 Å². The molecule has 0 aliphatic heterocycles. The van der Waals surface area contributed by atoms with Crippen molar-refractivity contribution in [2.24, 2.45) is 5.73 Å². The Morgan fingerprint density at radius 3 is 2.38 bits per heavy atom. The number of hydrogen-bond acceptors (Lipinski definition) is 5. The molecule has 0 unspecified atom stereocenters. The molecule has 1 heterocycles. The zero-order valence-electron chi connectivity index (χ0n) is 17.4. The van der Waals surface area contributed by atoms with Crippen molar-refractivity contribution >= 4 is 51.3 Å². The Bertz CT molecular complexity index is 1250. The van der Waals surface area contributed by atoms with Gasteiger partial charge in [-0.1, -0.05) is 11.6 Å². The molecule has 11 heteroatoms. The molecule has 0 spiro atoms. The molecule has 0 saturated carbocycles. The van der Waals surface area contributed by atoms with Gasteiger partial charge in [0.1, 0.15) is 17.3 Å². The van der Waals surface area contributed by atoms with Crippen LogP contribution in [0.15, 0.2) is 57.8 Å². The van der Waals surface area contributed by atoms with Crippen LogP contribution in [0.25, 0.3) is 11.3 Å². The molecular formula is C21H22Cl2FN3O4S. The maximum atomic E-state index is 14.6. The van der Waals surface area contributed by atoms with Gasteiger partial charge in [-0.05, 0) is 69.3 Å². The highest BCUT2D eigenvalue weighted by atomic mass is 35.5. The number of hydrogen-bond donors (Lipinski definition) is 3. The SMILES string of the molecule is Cc1ccc(-c2ccc(S(=O)(=O)Nc3cc(NC(=O)C(C)(C)N)ccc3Cl)cc2F)o1.Cl. The number of halogens is 3. The molecule has 0 radical (unpaired) electrons. The summed E-state index contributed by atoms with van der Waals surface area (Å²) in [6, 6.07) is 11.0. The molecule has 3 rings (SSSR count). The van der Waals surface area contributed by atoms with Crippen molar-refractivity contribution in [1.29, 1.82) is 0 Å². The monoisotopic (exact) mass is 501 g/mol. The maximum absolute atomic E-state index is 14.6. The van der Waals surface area contributed by atoms with Crippen molar-refractivity contribution < 1.29 is 22.0 Å².